The molecule has 0 aliphatic carbocycles. The van der Waals surface area contributed by atoms with E-state index in [1.165, 1.54) is 76.2 Å². The summed E-state index contributed by atoms with van der Waals surface area (Å²) >= 11 is 0. The number of hydrogen-bond donors (Lipinski definition) is 0. The van der Waals surface area contributed by atoms with Gasteiger partial charge in [0.2, 0.25) is 0 Å². The predicted molar refractivity (Wildman–Crippen MR) is 97.9 cm³/mol. The van der Waals surface area contributed by atoms with Gasteiger partial charge in [0.1, 0.15) is 0 Å². The predicted octanol–water partition coefficient (Wildman–Crippen LogP) is 7.34. The molecule has 1 aromatic rings. The highest BCUT2D eigenvalue weighted by Crippen LogP contribution is 2.12. The Morgan fingerprint density at radius 1 is 0.762 bits per heavy atom. The van der Waals surface area contributed by atoms with Gasteiger partial charge in [0.15, 0.2) is 0 Å². The van der Waals surface area contributed by atoms with Gasteiger partial charge in [-0.2, -0.15) is 0 Å². The zero-order valence-corrected chi connectivity index (χ0v) is 14.4. The van der Waals surface area contributed by atoms with Gasteiger partial charge < -0.3 is 0 Å². The van der Waals surface area contributed by atoms with Crippen molar-refractivity contribution >= 4 is 0 Å². The number of rotatable bonds is 11. The quantitative estimate of drug-likeness (QED) is 0.295. The van der Waals surface area contributed by atoms with Crippen molar-refractivity contribution in [3.8, 4) is 0 Å². The third kappa shape index (κ3) is 15.2. The normalized spacial score (nSPS) is 9.81. The van der Waals surface area contributed by atoms with Gasteiger partial charge in [-0.1, -0.05) is 101 Å². The highest BCUT2D eigenvalue weighted by Gasteiger charge is 1.94. The number of allylic oxidation sites excluding steroid dienone is 1. The van der Waals surface area contributed by atoms with Gasteiger partial charge in [0.05, 0.1) is 0 Å². The Morgan fingerprint density at radius 2 is 1.19 bits per heavy atom. The van der Waals surface area contributed by atoms with Crippen molar-refractivity contribution in [2.75, 3.05) is 0 Å². The lowest BCUT2D eigenvalue weighted by atomic mass is 10.0. The van der Waals surface area contributed by atoms with Crippen molar-refractivity contribution < 1.29 is 0 Å². The van der Waals surface area contributed by atoms with Crippen LogP contribution in [0.15, 0.2) is 43.0 Å². The van der Waals surface area contributed by atoms with Crippen molar-refractivity contribution in [2.24, 2.45) is 0 Å². The van der Waals surface area contributed by atoms with E-state index in [4.69, 9.17) is 0 Å². The van der Waals surface area contributed by atoms with Crippen LogP contribution in [-0.4, -0.2) is 0 Å². The van der Waals surface area contributed by atoms with Crippen molar-refractivity contribution in [2.45, 2.75) is 84.5 Å². The first-order valence-corrected chi connectivity index (χ1v) is 8.96. The molecule has 120 valence electrons. The summed E-state index contributed by atoms with van der Waals surface area (Å²) in [5.74, 6) is 0. The smallest absolute Gasteiger partial charge is 0.0279 e. The van der Waals surface area contributed by atoms with Crippen molar-refractivity contribution in [3.63, 3.8) is 0 Å². The third-order valence-electron chi connectivity index (χ3n) is 3.66. The van der Waals surface area contributed by atoms with Crippen LogP contribution in [0.5, 0.6) is 0 Å². The Labute approximate surface area is 133 Å². The van der Waals surface area contributed by atoms with Gasteiger partial charge in [0.25, 0.3) is 0 Å². The molecule has 0 aliphatic heterocycles. The number of aryl methyl sites for hydroxylation is 1. The maximum Gasteiger partial charge on any atom is -0.0279 e. The van der Waals surface area contributed by atoms with Gasteiger partial charge in [-0.15, -0.1) is 6.58 Å². The number of unbranched alkanes of at least 4 members (excludes halogenated alkanes) is 9. The van der Waals surface area contributed by atoms with E-state index in [0.717, 1.165) is 0 Å². The van der Waals surface area contributed by atoms with E-state index in [1.807, 2.05) is 6.92 Å². The lowest BCUT2D eigenvalue weighted by molar-refractivity contribution is 0.556. The van der Waals surface area contributed by atoms with Crippen LogP contribution in [0, 0.1) is 0 Å². The molecule has 0 radical (unpaired) electrons. The molecule has 0 saturated heterocycles. The fourth-order valence-electron chi connectivity index (χ4n) is 2.46. The van der Waals surface area contributed by atoms with Crippen LogP contribution < -0.4 is 0 Å². The number of benzene rings is 1. The van der Waals surface area contributed by atoms with Crippen LogP contribution in [0.1, 0.15) is 83.6 Å². The minimum Gasteiger partial charge on any atom is -0.103 e. The monoisotopic (exact) mass is 288 g/mol. The minimum atomic E-state index is 1.26. The fourth-order valence-corrected chi connectivity index (χ4v) is 2.46. The zero-order valence-electron chi connectivity index (χ0n) is 14.4. The van der Waals surface area contributed by atoms with Crippen LogP contribution in [0.25, 0.3) is 0 Å². The highest BCUT2D eigenvalue weighted by molar-refractivity contribution is 5.14. The van der Waals surface area contributed by atoms with E-state index >= 15 is 0 Å². The molecule has 0 amide bonds. The van der Waals surface area contributed by atoms with E-state index in [1.54, 1.807) is 6.08 Å². The second-order valence-electron chi connectivity index (χ2n) is 5.83. The summed E-state index contributed by atoms with van der Waals surface area (Å²) < 4.78 is 0. The molecule has 0 nitrogen and oxygen atoms in total. The summed E-state index contributed by atoms with van der Waals surface area (Å²) in [4.78, 5) is 0. The summed E-state index contributed by atoms with van der Waals surface area (Å²) in [6.07, 6.45) is 17.3. The standard InChI is InChI=1S/C18H30.C3H6/c1-2-3-4-5-6-7-8-9-10-12-15-18-16-13-11-14-17-18;1-3-2/h11,13-14,16-17H,2-10,12,15H2,1H3;3H,1H2,2H3. The van der Waals surface area contributed by atoms with Gasteiger partial charge >= 0.3 is 0 Å². The molecule has 0 spiro atoms. The molecule has 0 bridgehead atoms. The van der Waals surface area contributed by atoms with Gasteiger partial charge in [-0.05, 0) is 25.3 Å². The largest absolute Gasteiger partial charge is 0.103 e. The molecule has 0 fully saturated rings. The van der Waals surface area contributed by atoms with Crippen LogP contribution in [0.2, 0.25) is 0 Å². The van der Waals surface area contributed by atoms with Crippen LogP contribution >= 0.6 is 0 Å². The molecular weight excluding hydrogens is 252 g/mol. The Kier molecular flexibility index (Phi) is 16.2. The first kappa shape index (κ1) is 20.0. The van der Waals surface area contributed by atoms with E-state index in [-0.39, 0.29) is 0 Å². The molecule has 1 aromatic carbocycles. The maximum absolute atomic E-state index is 3.36. The summed E-state index contributed by atoms with van der Waals surface area (Å²) in [7, 11) is 0. The highest BCUT2D eigenvalue weighted by atomic mass is 14.0. The van der Waals surface area contributed by atoms with Crippen LogP contribution in [0.3, 0.4) is 0 Å². The van der Waals surface area contributed by atoms with Crippen molar-refractivity contribution in [1.82, 2.24) is 0 Å². The lowest BCUT2D eigenvalue weighted by Crippen LogP contribution is -1.86. The Balaban J connectivity index is 0.00000122. The minimum absolute atomic E-state index is 1.26. The molecule has 0 saturated carbocycles. The Bertz CT molecular complexity index is 299. The molecule has 0 unspecified atom stereocenters. The van der Waals surface area contributed by atoms with Gasteiger partial charge in [-0.25, -0.2) is 0 Å². The summed E-state index contributed by atoms with van der Waals surface area (Å²) in [6.45, 7) is 7.53. The van der Waals surface area contributed by atoms with Crippen molar-refractivity contribution in [1.29, 1.82) is 0 Å². The molecule has 1 rings (SSSR count). The summed E-state index contributed by atoms with van der Waals surface area (Å²) in [6, 6.07) is 10.9. The van der Waals surface area contributed by atoms with E-state index < -0.39 is 0 Å². The van der Waals surface area contributed by atoms with E-state index in [9.17, 15) is 0 Å². The van der Waals surface area contributed by atoms with Gasteiger partial charge in [0, 0.05) is 0 Å². The molecule has 0 aliphatic rings. The second kappa shape index (κ2) is 17.0. The van der Waals surface area contributed by atoms with Crippen LogP contribution in [0.4, 0.5) is 0 Å². The first-order valence-electron chi connectivity index (χ1n) is 8.96. The maximum atomic E-state index is 3.36. The summed E-state index contributed by atoms with van der Waals surface area (Å²) in [5, 5.41) is 0. The SMILES string of the molecule is C=CC.CCCCCCCCCCCCc1ccccc1. The fraction of sp³-hybridized carbons (Fsp3) is 0.619. The lowest BCUT2D eigenvalue weighted by Gasteiger charge is -2.03. The molecule has 0 N–H and O–H groups in total. The Hall–Kier alpha value is -1.04. The molecule has 0 aromatic heterocycles. The third-order valence-corrected chi connectivity index (χ3v) is 3.66. The molecule has 0 heteroatoms. The van der Waals surface area contributed by atoms with Crippen molar-refractivity contribution in [3.05, 3.63) is 48.6 Å². The Morgan fingerprint density at radius 3 is 1.67 bits per heavy atom. The van der Waals surface area contributed by atoms with Crippen LogP contribution in [-0.2, 0) is 6.42 Å². The zero-order chi connectivity index (χ0) is 15.6. The molecular formula is C21H36. The number of hydrogen-bond acceptors (Lipinski definition) is 0. The first-order chi connectivity index (χ1) is 10.3. The molecule has 21 heavy (non-hydrogen) atoms. The average molecular weight is 289 g/mol. The average Bonchev–Trinajstić information content (AvgIpc) is 2.51. The molecule has 0 atom stereocenters. The second-order valence-corrected chi connectivity index (χ2v) is 5.83. The topological polar surface area (TPSA) is 0 Å². The summed E-state index contributed by atoms with van der Waals surface area (Å²) in [5.41, 5.74) is 1.50. The van der Waals surface area contributed by atoms with E-state index in [2.05, 4.69) is 43.8 Å². The molecule has 0 heterocycles. The van der Waals surface area contributed by atoms with E-state index in [0.29, 0.717) is 0 Å². The van der Waals surface area contributed by atoms with Gasteiger partial charge in [-0.3, -0.25) is 0 Å².